The molecule has 0 saturated heterocycles. The van der Waals surface area contributed by atoms with E-state index in [0.29, 0.717) is 18.5 Å². The third kappa shape index (κ3) is 6.97. The molecule has 0 bridgehead atoms. The Balaban J connectivity index is 1.10. The van der Waals surface area contributed by atoms with Crippen LogP contribution in [-0.2, 0) is 6.42 Å². The average molecular weight is 583 g/mol. The highest BCUT2D eigenvalue weighted by atomic mass is 31.2. The SMILES string of the molecule is CN(C)C1=NC(c2ccc(OCCCCCc3ccc([P+](F)(c4ccccc4)c4ccccc4)cc3)cc2)N=C(N)N1. The van der Waals surface area contributed by atoms with Crippen LogP contribution >= 0.6 is 7.57 Å². The second-order valence-corrected chi connectivity index (χ2v) is 13.2. The maximum Gasteiger partial charge on any atom is 0.298 e. The van der Waals surface area contributed by atoms with E-state index in [1.165, 1.54) is 5.56 Å². The highest BCUT2D eigenvalue weighted by molar-refractivity contribution is 7.91. The van der Waals surface area contributed by atoms with E-state index in [1.807, 2.05) is 116 Å². The smallest absolute Gasteiger partial charge is 0.298 e. The molecule has 0 radical (unpaired) electrons. The molecule has 8 heteroatoms. The van der Waals surface area contributed by atoms with Crippen LogP contribution in [0.5, 0.6) is 5.75 Å². The second kappa shape index (κ2) is 13.6. The van der Waals surface area contributed by atoms with Gasteiger partial charge in [0.05, 0.1) is 6.61 Å². The molecule has 0 spiro atoms. The van der Waals surface area contributed by atoms with Crippen molar-refractivity contribution in [2.45, 2.75) is 31.8 Å². The van der Waals surface area contributed by atoms with Crippen LogP contribution in [0, 0.1) is 0 Å². The third-order valence-electron chi connectivity index (χ3n) is 7.24. The van der Waals surface area contributed by atoms with Crippen LogP contribution in [0.4, 0.5) is 4.20 Å². The largest absolute Gasteiger partial charge is 0.494 e. The van der Waals surface area contributed by atoms with Crippen LogP contribution in [0.2, 0.25) is 0 Å². The molecule has 1 unspecified atom stereocenters. The van der Waals surface area contributed by atoms with Gasteiger partial charge in [0.1, 0.15) is 21.7 Å². The van der Waals surface area contributed by atoms with Gasteiger partial charge in [-0.25, -0.2) is 9.98 Å². The summed E-state index contributed by atoms with van der Waals surface area (Å²) in [6.45, 7) is 0.655. The lowest BCUT2D eigenvalue weighted by atomic mass is 10.1. The maximum atomic E-state index is 16.9. The van der Waals surface area contributed by atoms with Crippen LogP contribution in [0.3, 0.4) is 0 Å². The predicted octanol–water partition coefficient (Wildman–Crippen LogP) is 5.49. The number of hydrogen-bond donors (Lipinski definition) is 2. The molecule has 4 aromatic carbocycles. The van der Waals surface area contributed by atoms with Crippen molar-refractivity contribution < 1.29 is 8.93 Å². The van der Waals surface area contributed by atoms with Gasteiger partial charge in [0, 0.05) is 14.1 Å². The monoisotopic (exact) mass is 582 g/mol. The van der Waals surface area contributed by atoms with Crippen LogP contribution in [-0.4, -0.2) is 37.5 Å². The first kappa shape index (κ1) is 29.3. The molecule has 4 aromatic rings. The summed E-state index contributed by atoms with van der Waals surface area (Å²) in [6, 6.07) is 35.1. The Bertz CT molecular complexity index is 1450. The van der Waals surface area contributed by atoms with Crippen molar-refractivity contribution in [1.82, 2.24) is 10.2 Å². The van der Waals surface area contributed by atoms with E-state index in [9.17, 15) is 0 Å². The van der Waals surface area contributed by atoms with E-state index in [1.54, 1.807) is 0 Å². The Kier molecular flexibility index (Phi) is 9.50. The molecule has 0 amide bonds. The van der Waals surface area contributed by atoms with Gasteiger partial charge in [-0.1, -0.05) is 60.7 Å². The van der Waals surface area contributed by atoms with Gasteiger partial charge in [-0.15, -0.1) is 0 Å². The lowest BCUT2D eigenvalue weighted by Gasteiger charge is -2.23. The van der Waals surface area contributed by atoms with Gasteiger partial charge in [-0.2, -0.15) is 0 Å². The summed E-state index contributed by atoms with van der Waals surface area (Å²) in [4.78, 5) is 10.9. The molecule has 1 aliphatic rings. The molecule has 0 aromatic heterocycles. The van der Waals surface area contributed by atoms with Crippen LogP contribution in [0.15, 0.2) is 119 Å². The fourth-order valence-electron chi connectivity index (χ4n) is 4.95. The summed E-state index contributed by atoms with van der Waals surface area (Å²) < 4.78 is 22.9. The minimum atomic E-state index is -3.18. The van der Waals surface area contributed by atoms with Gasteiger partial charge in [0.2, 0.25) is 5.96 Å². The van der Waals surface area contributed by atoms with Crippen molar-refractivity contribution in [1.29, 1.82) is 0 Å². The van der Waals surface area contributed by atoms with Crippen molar-refractivity contribution >= 4 is 35.4 Å². The molecule has 0 saturated carbocycles. The zero-order chi connectivity index (χ0) is 29.4. The summed E-state index contributed by atoms with van der Waals surface area (Å²) in [5.41, 5.74) is 8.11. The summed E-state index contributed by atoms with van der Waals surface area (Å²) in [6.07, 6.45) is 3.66. The molecule has 5 rings (SSSR count). The molecular weight excluding hydrogens is 544 g/mol. The molecule has 1 heterocycles. The molecule has 6 nitrogen and oxygen atoms in total. The minimum absolute atomic E-state index is 0.353. The third-order valence-corrected chi connectivity index (χ3v) is 10.3. The van der Waals surface area contributed by atoms with Crippen LogP contribution in [0.25, 0.3) is 0 Å². The summed E-state index contributed by atoms with van der Waals surface area (Å²) in [7, 11) is 0.637. The van der Waals surface area contributed by atoms with E-state index >= 15 is 4.20 Å². The molecule has 1 aliphatic heterocycles. The van der Waals surface area contributed by atoms with E-state index < -0.39 is 7.57 Å². The van der Waals surface area contributed by atoms with Crippen molar-refractivity contribution in [2.24, 2.45) is 15.7 Å². The summed E-state index contributed by atoms with van der Waals surface area (Å²) in [5.74, 6) is 1.86. The van der Waals surface area contributed by atoms with Gasteiger partial charge >= 0.3 is 0 Å². The average Bonchev–Trinajstić information content (AvgIpc) is 3.03. The Morgan fingerprint density at radius 3 is 1.95 bits per heavy atom. The molecular formula is C34H38FN5OP+. The van der Waals surface area contributed by atoms with Gasteiger partial charge in [0.15, 0.2) is 12.1 Å². The summed E-state index contributed by atoms with van der Waals surface area (Å²) in [5, 5.41) is 5.21. The van der Waals surface area contributed by atoms with E-state index in [4.69, 9.17) is 10.5 Å². The number of halogens is 1. The fourth-order valence-corrected chi connectivity index (χ4v) is 7.57. The van der Waals surface area contributed by atoms with E-state index in [-0.39, 0.29) is 6.17 Å². The van der Waals surface area contributed by atoms with E-state index in [0.717, 1.165) is 52.9 Å². The lowest BCUT2D eigenvalue weighted by molar-refractivity contribution is 0.305. The molecule has 0 aliphatic carbocycles. The fraction of sp³-hybridized carbons (Fsp3) is 0.235. The van der Waals surface area contributed by atoms with Crippen LogP contribution in [0.1, 0.15) is 36.6 Å². The Hall–Kier alpha value is -4.22. The Morgan fingerprint density at radius 1 is 0.762 bits per heavy atom. The van der Waals surface area contributed by atoms with Crippen molar-refractivity contribution in [2.75, 3.05) is 20.7 Å². The highest BCUT2D eigenvalue weighted by Crippen LogP contribution is 2.56. The predicted molar refractivity (Wildman–Crippen MR) is 174 cm³/mol. The number of aliphatic imine (C=N–C) groups is 2. The minimum Gasteiger partial charge on any atom is -0.494 e. The van der Waals surface area contributed by atoms with Gasteiger partial charge in [-0.3, -0.25) is 5.32 Å². The number of nitrogens with two attached hydrogens (primary N) is 1. The molecule has 216 valence electrons. The normalized spacial score (nSPS) is 14.9. The zero-order valence-corrected chi connectivity index (χ0v) is 25.1. The number of rotatable bonds is 11. The standard InChI is InChI=1S/C34H38FN5OP/c1-40(2)34-38-32(37-33(36)39-34)27-19-21-28(22-20-27)41-25-11-5-6-12-26-17-23-31(24-18-26)42(35,29-13-7-3-8-14-29)30-15-9-4-10-16-30/h3-4,7-10,13-24,32H,5-6,11-12,25H2,1-2H3,(H3,36,37,38,39)/q+1. The molecule has 3 N–H and O–H groups in total. The number of benzene rings is 4. The summed E-state index contributed by atoms with van der Waals surface area (Å²) >= 11 is 0. The van der Waals surface area contributed by atoms with Crippen LogP contribution < -0.4 is 31.7 Å². The van der Waals surface area contributed by atoms with Gasteiger partial charge in [-0.05, 0) is 89.5 Å². The molecule has 0 fully saturated rings. The molecule has 42 heavy (non-hydrogen) atoms. The second-order valence-electron chi connectivity index (χ2n) is 10.5. The van der Waals surface area contributed by atoms with Crippen molar-refractivity contribution in [3.8, 4) is 5.75 Å². The zero-order valence-electron chi connectivity index (χ0n) is 24.2. The Morgan fingerprint density at radius 2 is 1.36 bits per heavy atom. The van der Waals surface area contributed by atoms with Crippen molar-refractivity contribution in [3.63, 3.8) is 0 Å². The number of nitrogens with zero attached hydrogens (tertiary/aromatic N) is 3. The van der Waals surface area contributed by atoms with Crippen molar-refractivity contribution in [3.05, 3.63) is 120 Å². The number of aryl methyl sites for hydroxylation is 1. The molecule has 1 atom stereocenters. The maximum absolute atomic E-state index is 16.9. The number of unbranched alkanes of at least 4 members (excludes halogenated alkanes) is 2. The van der Waals surface area contributed by atoms with Gasteiger partial charge in [0.25, 0.3) is 7.57 Å². The lowest BCUT2D eigenvalue weighted by Crippen LogP contribution is -2.46. The topological polar surface area (TPSA) is 75.2 Å². The first-order chi connectivity index (χ1) is 20.4. The number of hydrogen-bond acceptors (Lipinski definition) is 6. The first-order valence-corrected chi connectivity index (χ1v) is 16.0. The Labute approximate surface area is 248 Å². The number of ether oxygens (including phenoxy) is 1. The number of guanidine groups is 2. The highest BCUT2D eigenvalue weighted by Gasteiger charge is 2.47. The van der Waals surface area contributed by atoms with Gasteiger partial charge < -0.3 is 15.4 Å². The number of nitrogens with one attached hydrogen (secondary N) is 1. The first-order valence-electron chi connectivity index (χ1n) is 14.3. The van der Waals surface area contributed by atoms with E-state index in [2.05, 4.69) is 27.4 Å². The quantitative estimate of drug-likeness (QED) is 0.181.